The summed E-state index contributed by atoms with van der Waals surface area (Å²) in [5.74, 6) is -0.478. The maximum absolute atomic E-state index is 11.9. The first kappa shape index (κ1) is 19.4. The van der Waals surface area contributed by atoms with Crippen molar-refractivity contribution in [3.8, 4) is 0 Å². The molecule has 1 aliphatic rings. The van der Waals surface area contributed by atoms with Gasteiger partial charge in [0.15, 0.2) is 0 Å². The molecule has 1 fully saturated rings. The maximum atomic E-state index is 11.9. The molecule has 6 nitrogen and oxygen atoms in total. The molecule has 0 spiro atoms. The van der Waals surface area contributed by atoms with Crippen molar-refractivity contribution in [2.45, 2.75) is 18.9 Å². The van der Waals surface area contributed by atoms with Crippen LogP contribution in [0.2, 0.25) is 0 Å². The molecular weight excluding hydrogens is 354 g/mol. The Labute approximate surface area is 164 Å². The van der Waals surface area contributed by atoms with Gasteiger partial charge < -0.3 is 16.0 Å². The lowest BCUT2D eigenvalue weighted by atomic mass is 10.1. The van der Waals surface area contributed by atoms with Gasteiger partial charge in [0.1, 0.15) is 0 Å². The highest BCUT2D eigenvalue weighted by molar-refractivity contribution is 5.95. The van der Waals surface area contributed by atoms with Gasteiger partial charge >= 0.3 is 0 Å². The molecule has 0 unspecified atom stereocenters. The Kier molecular flexibility index (Phi) is 6.57. The van der Waals surface area contributed by atoms with Crippen LogP contribution in [-0.2, 0) is 4.79 Å². The fourth-order valence-corrected chi connectivity index (χ4v) is 2.53. The zero-order chi connectivity index (χ0) is 19.8. The summed E-state index contributed by atoms with van der Waals surface area (Å²) in [7, 11) is 0. The van der Waals surface area contributed by atoms with Crippen LogP contribution < -0.4 is 16.0 Å². The SMILES string of the molecule is O=C(/C=C/c1ccc(C(=O)NC2CC2)cc1)NCCNC(=O)c1ccccc1. The van der Waals surface area contributed by atoms with Crippen molar-refractivity contribution >= 4 is 23.8 Å². The van der Waals surface area contributed by atoms with Crippen LogP contribution in [0.4, 0.5) is 0 Å². The van der Waals surface area contributed by atoms with Crippen LogP contribution in [0.25, 0.3) is 6.08 Å². The molecule has 6 heteroatoms. The Morgan fingerprint density at radius 2 is 1.46 bits per heavy atom. The van der Waals surface area contributed by atoms with Gasteiger partial charge in [-0.2, -0.15) is 0 Å². The lowest BCUT2D eigenvalue weighted by Gasteiger charge is -2.05. The number of hydrogen-bond acceptors (Lipinski definition) is 3. The lowest BCUT2D eigenvalue weighted by Crippen LogP contribution is -2.33. The predicted octanol–water partition coefficient (Wildman–Crippen LogP) is 2.14. The Morgan fingerprint density at radius 3 is 2.14 bits per heavy atom. The molecule has 28 heavy (non-hydrogen) atoms. The average Bonchev–Trinajstić information content (AvgIpc) is 3.54. The van der Waals surface area contributed by atoms with Gasteiger partial charge in [-0.1, -0.05) is 30.3 Å². The molecule has 2 aromatic rings. The standard InChI is InChI=1S/C22H23N3O3/c26-20(23-14-15-24-21(27)17-4-2-1-3-5-17)13-8-16-6-9-18(10-7-16)22(28)25-19-11-12-19/h1-10,13,19H,11-12,14-15H2,(H,23,26)(H,24,27)(H,25,28)/b13-8+. The molecular formula is C22H23N3O3. The quantitative estimate of drug-likeness (QED) is 0.487. The van der Waals surface area contributed by atoms with Gasteiger partial charge in [0.05, 0.1) is 0 Å². The van der Waals surface area contributed by atoms with Gasteiger partial charge in [-0.3, -0.25) is 14.4 Å². The molecule has 3 rings (SSSR count). The number of benzene rings is 2. The number of carbonyl (C=O) groups excluding carboxylic acids is 3. The number of rotatable bonds is 8. The summed E-state index contributed by atoms with van der Waals surface area (Å²) in [6.07, 6.45) is 5.22. The number of hydrogen-bond donors (Lipinski definition) is 3. The molecule has 1 aliphatic carbocycles. The Morgan fingerprint density at radius 1 is 0.821 bits per heavy atom. The van der Waals surface area contributed by atoms with Gasteiger partial charge in [-0.15, -0.1) is 0 Å². The third kappa shape index (κ3) is 6.09. The van der Waals surface area contributed by atoms with E-state index in [2.05, 4.69) is 16.0 Å². The summed E-state index contributed by atoms with van der Waals surface area (Å²) < 4.78 is 0. The molecule has 0 radical (unpaired) electrons. The maximum Gasteiger partial charge on any atom is 0.251 e. The second kappa shape index (κ2) is 9.50. The molecule has 0 saturated heterocycles. The van der Waals surface area contributed by atoms with Gasteiger partial charge in [0.2, 0.25) is 5.91 Å². The van der Waals surface area contributed by atoms with Crippen LogP contribution in [0.5, 0.6) is 0 Å². The lowest BCUT2D eigenvalue weighted by molar-refractivity contribution is -0.116. The van der Waals surface area contributed by atoms with Crippen LogP contribution in [0.3, 0.4) is 0 Å². The monoisotopic (exact) mass is 377 g/mol. The smallest absolute Gasteiger partial charge is 0.251 e. The number of nitrogens with one attached hydrogen (secondary N) is 3. The highest BCUT2D eigenvalue weighted by Gasteiger charge is 2.23. The van der Waals surface area contributed by atoms with E-state index < -0.39 is 0 Å². The summed E-state index contributed by atoms with van der Waals surface area (Å²) in [6, 6.07) is 16.3. The van der Waals surface area contributed by atoms with E-state index in [9.17, 15) is 14.4 Å². The number of amides is 3. The molecule has 0 heterocycles. The largest absolute Gasteiger partial charge is 0.351 e. The van der Waals surface area contributed by atoms with Crippen molar-refractivity contribution in [1.82, 2.24) is 16.0 Å². The summed E-state index contributed by atoms with van der Waals surface area (Å²) in [5.41, 5.74) is 2.03. The first-order chi connectivity index (χ1) is 13.6. The highest BCUT2D eigenvalue weighted by atomic mass is 16.2. The predicted molar refractivity (Wildman–Crippen MR) is 108 cm³/mol. The normalized spacial score (nSPS) is 13.1. The van der Waals surface area contributed by atoms with E-state index in [-0.39, 0.29) is 17.7 Å². The molecule has 0 bridgehead atoms. The molecule has 0 aromatic heterocycles. The van der Waals surface area contributed by atoms with Gasteiger partial charge in [-0.25, -0.2) is 0 Å². The molecule has 3 amide bonds. The van der Waals surface area contributed by atoms with Gasteiger partial charge in [0, 0.05) is 36.3 Å². The molecule has 0 atom stereocenters. The van der Waals surface area contributed by atoms with Crippen LogP contribution in [-0.4, -0.2) is 36.9 Å². The van der Waals surface area contributed by atoms with E-state index in [4.69, 9.17) is 0 Å². The van der Waals surface area contributed by atoms with E-state index in [1.165, 1.54) is 6.08 Å². The summed E-state index contributed by atoms with van der Waals surface area (Å²) >= 11 is 0. The Balaban J connectivity index is 1.37. The third-order valence-corrected chi connectivity index (χ3v) is 4.26. The molecule has 144 valence electrons. The van der Waals surface area contributed by atoms with Crippen molar-refractivity contribution in [2.24, 2.45) is 0 Å². The van der Waals surface area contributed by atoms with E-state index >= 15 is 0 Å². The van der Waals surface area contributed by atoms with Crippen molar-refractivity contribution in [3.05, 3.63) is 77.4 Å². The minimum Gasteiger partial charge on any atom is -0.351 e. The molecule has 3 N–H and O–H groups in total. The zero-order valence-corrected chi connectivity index (χ0v) is 15.5. The first-order valence-corrected chi connectivity index (χ1v) is 9.32. The van der Waals surface area contributed by atoms with Crippen LogP contribution in [0, 0.1) is 0 Å². The van der Waals surface area contributed by atoms with Crippen molar-refractivity contribution < 1.29 is 14.4 Å². The van der Waals surface area contributed by atoms with Crippen molar-refractivity contribution in [1.29, 1.82) is 0 Å². The number of carbonyl (C=O) groups is 3. The molecule has 2 aromatic carbocycles. The second-order valence-corrected chi connectivity index (χ2v) is 6.62. The van der Waals surface area contributed by atoms with Crippen molar-refractivity contribution in [2.75, 3.05) is 13.1 Å². The van der Waals surface area contributed by atoms with Crippen LogP contribution in [0.15, 0.2) is 60.7 Å². The summed E-state index contributed by atoms with van der Waals surface area (Å²) in [6.45, 7) is 0.681. The highest BCUT2D eigenvalue weighted by Crippen LogP contribution is 2.19. The second-order valence-electron chi connectivity index (χ2n) is 6.62. The van der Waals surface area contributed by atoms with E-state index in [0.29, 0.717) is 30.3 Å². The van der Waals surface area contributed by atoms with E-state index in [0.717, 1.165) is 18.4 Å². The zero-order valence-electron chi connectivity index (χ0n) is 15.5. The molecule has 1 saturated carbocycles. The minimum absolute atomic E-state index is 0.0617. The minimum atomic E-state index is -0.246. The van der Waals surface area contributed by atoms with Gasteiger partial charge in [-0.05, 0) is 48.7 Å². The average molecular weight is 377 g/mol. The van der Waals surface area contributed by atoms with Gasteiger partial charge in [0.25, 0.3) is 11.8 Å². The van der Waals surface area contributed by atoms with E-state index in [1.54, 1.807) is 54.6 Å². The van der Waals surface area contributed by atoms with Crippen LogP contribution >= 0.6 is 0 Å². The fourth-order valence-electron chi connectivity index (χ4n) is 2.53. The Bertz CT molecular complexity index is 856. The summed E-state index contributed by atoms with van der Waals surface area (Å²) in [5, 5.41) is 8.40. The van der Waals surface area contributed by atoms with Crippen LogP contribution in [0.1, 0.15) is 39.1 Å². The summed E-state index contributed by atoms with van der Waals surface area (Å²) in [4.78, 5) is 35.7. The Hall–Kier alpha value is -3.41. The van der Waals surface area contributed by atoms with Crippen molar-refractivity contribution in [3.63, 3.8) is 0 Å². The fraction of sp³-hybridized carbons (Fsp3) is 0.227. The third-order valence-electron chi connectivity index (χ3n) is 4.26. The van der Waals surface area contributed by atoms with E-state index in [1.807, 2.05) is 6.07 Å². The first-order valence-electron chi connectivity index (χ1n) is 9.32. The topological polar surface area (TPSA) is 87.3 Å². The molecule has 0 aliphatic heterocycles.